The summed E-state index contributed by atoms with van der Waals surface area (Å²) >= 11 is 1.23. The van der Waals surface area contributed by atoms with Gasteiger partial charge in [0.25, 0.3) is 0 Å². The van der Waals surface area contributed by atoms with E-state index in [9.17, 15) is 14.4 Å². The number of ether oxygens (including phenoxy) is 4. The van der Waals surface area contributed by atoms with Crippen molar-refractivity contribution in [2.24, 2.45) is 0 Å². The van der Waals surface area contributed by atoms with Crippen molar-refractivity contribution in [3.8, 4) is 50.3 Å². The van der Waals surface area contributed by atoms with Gasteiger partial charge in [-0.2, -0.15) is 4.37 Å². The molecule has 0 atom stereocenters. The molecule has 0 N–H and O–H groups in total. The van der Waals surface area contributed by atoms with Gasteiger partial charge in [-0.15, -0.1) is 0 Å². The van der Waals surface area contributed by atoms with Gasteiger partial charge in [-0.1, -0.05) is 6.07 Å². The van der Waals surface area contributed by atoms with E-state index in [4.69, 9.17) is 18.9 Å². The van der Waals surface area contributed by atoms with Crippen LogP contribution in [0, 0.1) is 0 Å². The zero-order chi connectivity index (χ0) is 21.9. The van der Waals surface area contributed by atoms with Crippen LogP contribution in [0.2, 0.25) is 0 Å². The molecule has 0 bridgehead atoms. The van der Waals surface area contributed by atoms with E-state index in [1.165, 1.54) is 52.1 Å². The van der Waals surface area contributed by atoms with Crippen LogP contribution >= 0.6 is 19.4 Å². The Morgan fingerprint density at radius 1 is 0.812 bits per heavy atom. The zero-order valence-corrected chi connectivity index (χ0v) is 24.2. The maximum absolute atomic E-state index is 11.1. The van der Waals surface area contributed by atoms with Gasteiger partial charge in [0.1, 0.15) is 7.82 Å². The second-order valence-corrected chi connectivity index (χ2v) is 7.77. The standard InChI is InChI=1S/C19H20NO8PS.2Na/c1-24-14-6-5-11(7-15(14)28-29(21,22)23)13-10-20-30-19(13)12-8-16(25-2)18(27-4)17(9-12)26-3;;/h5-10H,1-4H3,(H2,21,22,23);;/q;2*+1/p-2. The van der Waals surface area contributed by atoms with Crippen molar-refractivity contribution in [3.05, 3.63) is 36.5 Å². The molecule has 0 unspecified atom stereocenters. The number of aromatic nitrogens is 1. The first-order valence-electron chi connectivity index (χ1n) is 8.46. The van der Waals surface area contributed by atoms with Crippen LogP contribution in [0.5, 0.6) is 28.7 Å². The van der Waals surface area contributed by atoms with Gasteiger partial charge in [0.2, 0.25) is 5.75 Å². The smallest absolute Gasteiger partial charge is 0.780 e. The Morgan fingerprint density at radius 2 is 1.38 bits per heavy atom. The van der Waals surface area contributed by atoms with Gasteiger partial charge < -0.3 is 37.8 Å². The normalized spacial score (nSPS) is 10.4. The third kappa shape index (κ3) is 6.64. The molecule has 3 aromatic rings. The van der Waals surface area contributed by atoms with Crippen LogP contribution < -0.4 is 92.4 Å². The molecule has 13 heteroatoms. The van der Waals surface area contributed by atoms with Gasteiger partial charge in [-0.3, -0.25) is 0 Å². The molecule has 1 heterocycles. The number of phosphoric acid groups is 1. The molecule has 2 aromatic carbocycles. The van der Waals surface area contributed by atoms with E-state index >= 15 is 0 Å². The first-order valence-corrected chi connectivity index (χ1v) is 10.7. The summed E-state index contributed by atoms with van der Waals surface area (Å²) < 4.78 is 41.2. The predicted molar refractivity (Wildman–Crippen MR) is 107 cm³/mol. The van der Waals surface area contributed by atoms with E-state index in [0.717, 1.165) is 10.4 Å². The maximum atomic E-state index is 11.1. The summed E-state index contributed by atoms with van der Waals surface area (Å²) in [4.78, 5) is 23.0. The van der Waals surface area contributed by atoms with Crippen molar-refractivity contribution in [3.63, 3.8) is 0 Å². The number of hydrogen-bond acceptors (Lipinski definition) is 10. The summed E-state index contributed by atoms with van der Waals surface area (Å²) in [5, 5.41) is 0. The number of rotatable bonds is 8. The van der Waals surface area contributed by atoms with Crippen LogP contribution in [0.15, 0.2) is 36.5 Å². The molecule has 0 fully saturated rings. The molecular formula is C19H18NNa2O8PS. The predicted octanol–water partition coefficient (Wildman–Crippen LogP) is -3.27. The third-order valence-corrected chi connectivity index (χ3v) is 5.45. The van der Waals surface area contributed by atoms with Crippen molar-refractivity contribution in [1.82, 2.24) is 4.37 Å². The zero-order valence-electron chi connectivity index (χ0n) is 18.5. The topological polar surface area (TPSA) is 122 Å². The average Bonchev–Trinajstić information content (AvgIpc) is 3.21. The van der Waals surface area contributed by atoms with Crippen LogP contribution in [0.4, 0.5) is 0 Å². The Labute approximate surface area is 234 Å². The van der Waals surface area contributed by atoms with Crippen LogP contribution in [0.3, 0.4) is 0 Å². The summed E-state index contributed by atoms with van der Waals surface area (Å²) in [5.41, 5.74) is 2.02. The molecular weight excluding hydrogens is 479 g/mol. The number of nitrogens with zero attached hydrogens (tertiary/aromatic N) is 1. The average molecular weight is 497 g/mol. The summed E-state index contributed by atoms with van der Waals surface area (Å²) in [5.74, 6) is 1.32. The molecule has 32 heavy (non-hydrogen) atoms. The minimum atomic E-state index is -5.26. The van der Waals surface area contributed by atoms with Crippen LogP contribution in [-0.4, -0.2) is 32.8 Å². The summed E-state index contributed by atoms with van der Waals surface area (Å²) in [6, 6.07) is 8.19. The van der Waals surface area contributed by atoms with Gasteiger partial charge in [0, 0.05) is 17.3 Å². The van der Waals surface area contributed by atoms with Gasteiger partial charge in [-0.05, 0) is 41.4 Å². The number of phosphoric ester groups is 1. The SMILES string of the molecule is COc1ccc(-c2cnsc2-c2cc(OC)c(OC)c(OC)c2)cc1OP(=O)([O-])[O-].[Na+].[Na+]. The minimum absolute atomic E-state index is 0. The van der Waals surface area contributed by atoms with Gasteiger partial charge in [-0.25, -0.2) is 0 Å². The molecule has 0 radical (unpaired) electrons. The Balaban J connectivity index is 0.00000256. The molecule has 160 valence electrons. The van der Waals surface area contributed by atoms with E-state index in [2.05, 4.69) is 8.90 Å². The second kappa shape index (κ2) is 12.6. The molecule has 0 amide bonds. The van der Waals surface area contributed by atoms with Crippen molar-refractivity contribution in [2.45, 2.75) is 0 Å². The molecule has 0 aliphatic carbocycles. The van der Waals surface area contributed by atoms with E-state index in [1.54, 1.807) is 24.4 Å². The minimum Gasteiger partial charge on any atom is -0.780 e. The Hall–Kier alpha value is -0.780. The van der Waals surface area contributed by atoms with E-state index in [-0.39, 0.29) is 70.6 Å². The van der Waals surface area contributed by atoms with Gasteiger partial charge in [0.05, 0.1) is 33.3 Å². The van der Waals surface area contributed by atoms with Crippen LogP contribution in [0.1, 0.15) is 0 Å². The molecule has 0 spiro atoms. The van der Waals surface area contributed by atoms with Crippen molar-refractivity contribution in [1.29, 1.82) is 0 Å². The molecule has 9 nitrogen and oxygen atoms in total. The van der Waals surface area contributed by atoms with Gasteiger partial charge in [0.15, 0.2) is 23.0 Å². The van der Waals surface area contributed by atoms with E-state index < -0.39 is 7.82 Å². The van der Waals surface area contributed by atoms with Crippen molar-refractivity contribution < 1.29 is 96.9 Å². The fourth-order valence-corrected chi connectivity index (χ4v) is 4.04. The van der Waals surface area contributed by atoms with Crippen molar-refractivity contribution in [2.75, 3.05) is 28.4 Å². The quantitative estimate of drug-likeness (QED) is 0.233. The molecule has 0 aliphatic rings. The maximum Gasteiger partial charge on any atom is 1.00 e. The molecule has 1 aromatic heterocycles. The van der Waals surface area contributed by atoms with Crippen LogP contribution in [0.25, 0.3) is 21.6 Å². The number of hydrogen-bond donors (Lipinski definition) is 0. The van der Waals surface area contributed by atoms with Crippen molar-refractivity contribution >= 4 is 19.4 Å². The Kier molecular flexibility index (Phi) is 11.5. The molecule has 3 rings (SSSR count). The first-order chi connectivity index (χ1) is 14.3. The Bertz CT molecular complexity index is 1080. The van der Waals surface area contributed by atoms with E-state index in [1.807, 2.05) is 0 Å². The second-order valence-electron chi connectivity index (χ2n) is 5.89. The van der Waals surface area contributed by atoms with E-state index in [0.29, 0.717) is 28.4 Å². The largest absolute Gasteiger partial charge is 1.00 e. The van der Waals surface area contributed by atoms with Gasteiger partial charge >= 0.3 is 59.1 Å². The molecule has 0 saturated heterocycles. The Morgan fingerprint density at radius 3 is 1.88 bits per heavy atom. The summed E-state index contributed by atoms with van der Waals surface area (Å²) in [6.07, 6.45) is 1.63. The fourth-order valence-electron chi connectivity index (χ4n) is 2.90. The summed E-state index contributed by atoms with van der Waals surface area (Å²) in [7, 11) is 0.633. The number of methoxy groups -OCH3 is 4. The third-order valence-electron chi connectivity index (χ3n) is 4.18. The summed E-state index contributed by atoms with van der Waals surface area (Å²) in [6.45, 7) is 0. The molecule has 0 saturated carbocycles. The van der Waals surface area contributed by atoms with Crippen LogP contribution in [-0.2, 0) is 4.57 Å². The fraction of sp³-hybridized carbons (Fsp3) is 0.211. The first kappa shape index (κ1) is 29.3. The number of benzene rings is 2. The molecule has 0 aliphatic heterocycles. The monoisotopic (exact) mass is 497 g/mol.